The van der Waals surface area contributed by atoms with Crippen LogP contribution in [0.1, 0.15) is 18.4 Å². The number of rotatable bonds is 6. The Hall–Kier alpha value is -4.26. The summed E-state index contributed by atoms with van der Waals surface area (Å²) >= 11 is 0. The fourth-order valence-electron chi connectivity index (χ4n) is 4.61. The zero-order valence-corrected chi connectivity index (χ0v) is 19.5. The number of hydrogen-bond donors (Lipinski definition) is 1. The van der Waals surface area contributed by atoms with E-state index >= 15 is 0 Å². The highest BCUT2D eigenvalue weighted by Gasteiger charge is 2.37. The summed E-state index contributed by atoms with van der Waals surface area (Å²) in [5.41, 5.74) is 2.68. The molecular formula is C28H28N4O3. The Morgan fingerprint density at radius 1 is 1.11 bits per heavy atom. The van der Waals surface area contributed by atoms with Gasteiger partial charge in [0.1, 0.15) is 11.5 Å². The molecule has 1 saturated heterocycles. The largest absolute Gasteiger partial charge is 0.457 e. The smallest absolute Gasteiger partial charge is 0.329 e. The minimum atomic E-state index is -0.0976. The lowest BCUT2D eigenvalue weighted by Gasteiger charge is -2.43. The van der Waals surface area contributed by atoms with Crippen LogP contribution in [0.4, 0.5) is 4.79 Å². The first-order valence-corrected chi connectivity index (χ1v) is 11.8. The summed E-state index contributed by atoms with van der Waals surface area (Å²) in [7, 11) is 0. The second-order valence-electron chi connectivity index (χ2n) is 8.72. The normalized spacial score (nSPS) is 19.4. The van der Waals surface area contributed by atoms with Crippen molar-refractivity contribution >= 4 is 11.9 Å². The van der Waals surface area contributed by atoms with Gasteiger partial charge >= 0.3 is 6.03 Å². The van der Waals surface area contributed by atoms with E-state index in [1.807, 2.05) is 79.1 Å². The number of fused-ring (bicyclic) bond motifs is 1. The Kier molecular flexibility index (Phi) is 6.39. The van der Waals surface area contributed by atoms with Gasteiger partial charge in [-0.15, -0.1) is 0 Å². The Morgan fingerprint density at radius 2 is 1.89 bits per heavy atom. The summed E-state index contributed by atoms with van der Waals surface area (Å²) in [6.07, 6.45) is 10.6. The highest BCUT2D eigenvalue weighted by molar-refractivity contribution is 5.87. The lowest BCUT2D eigenvalue weighted by atomic mass is 10.0. The maximum atomic E-state index is 13.7. The molecule has 1 unspecified atom stereocenters. The number of amides is 3. The number of carbonyl (C=O) groups excluding carboxylic acids is 2. The number of benzene rings is 2. The highest BCUT2D eigenvalue weighted by Crippen LogP contribution is 2.30. The van der Waals surface area contributed by atoms with E-state index in [4.69, 9.17) is 4.74 Å². The second kappa shape index (κ2) is 9.93. The number of nitrogens with zero attached hydrogens (tertiary/aromatic N) is 3. The maximum absolute atomic E-state index is 13.7. The molecule has 7 heteroatoms. The van der Waals surface area contributed by atoms with Gasteiger partial charge in [-0.25, -0.2) is 4.79 Å². The summed E-state index contributed by atoms with van der Waals surface area (Å²) in [5, 5.41) is 3.27. The quantitative estimate of drug-likeness (QED) is 0.623. The van der Waals surface area contributed by atoms with E-state index in [0.29, 0.717) is 19.6 Å². The van der Waals surface area contributed by atoms with E-state index in [0.717, 1.165) is 41.3 Å². The molecule has 0 spiro atoms. The van der Waals surface area contributed by atoms with Crippen molar-refractivity contribution in [3.05, 3.63) is 109 Å². The van der Waals surface area contributed by atoms with Crippen molar-refractivity contribution in [1.29, 1.82) is 0 Å². The zero-order chi connectivity index (χ0) is 24.2. The van der Waals surface area contributed by atoms with Crippen molar-refractivity contribution in [2.75, 3.05) is 13.1 Å². The minimum absolute atomic E-state index is 0.0916. The SMILES string of the molecule is C=CC(=O)N1CCCC(N2C=C3NC=CC=C3N(Cc3ccc(Oc4ccccc4)cc3)C2=O)C1. The van der Waals surface area contributed by atoms with Gasteiger partial charge in [0, 0.05) is 25.5 Å². The molecule has 0 saturated carbocycles. The Morgan fingerprint density at radius 3 is 2.66 bits per heavy atom. The number of urea groups is 1. The maximum Gasteiger partial charge on any atom is 0.329 e. The van der Waals surface area contributed by atoms with Crippen LogP contribution in [-0.4, -0.2) is 45.8 Å². The first kappa shape index (κ1) is 22.5. The van der Waals surface area contributed by atoms with Crippen molar-refractivity contribution in [2.45, 2.75) is 25.4 Å². The van der Waals surface area contributed by atoms with Crippen molar-refractivity contribution in [1.82, 2.24) is 20.0 Å². The van der Waals surface area contributed by atoms with Gasteiger partial charge in [-0.2, -0.15) is 0 Å². The predicted molar refractivity (Wildman–Crippen MR) is 134 cm³/mol. The number of hydrogen-bond acceptors (Lipinski definition) is 4. The van der Waals surface area contributed by atoms with Gasteiger partial charge in [0.2, 0.25) is 5.91 Å². The molecule has 3 heterocycles. The topological polar surface area (TPSA) is 65.1 Å². The Bertz CT molecular complexity index is 1200. The molecule has 3 aliphatic rings. The number of nitrogens with one attached hydrogen (secondary N) is 1. The van der Waals surface area contributed by atoms with E-state index in [1.165, 1.54) is 6.08 Å². The van der Waals surface area contributed by atoms with Crippen LogP contribution in [0, 0.1) is 0 Å². The number of likely N-dealkylation sites (tertiary alicyclic amines) is 1. The second-order valence-corrected chi connectivity index (χ2v) is 8.72. The van der Waals surface area contributed by atoms with Gasteiger partial charge in [0.15, 0.2) is 0 Å². The molecule has 0 aromatic heterocycles. The molecule has 35 heavy (non-hydrogen) atoms. The van der Waals surface area contributed by atoms with Crippen LogP contribution < -0.4 is 10.1 Å². The van der Waals surface area contributed by atoms with Crippen LogP contribution in [-0.2, 0) is 11.3 Å². The summed E-state index contributed by atoms with van der Waals surface area (Å²) in [4.78, 5) is 31.2. The molecule has 0 bridgehead atoms. The summed E-state index contributed by atoms with van der Waals surface area (Å²) < 4.78 is 5.90. The molecule has 178 valence electrons. The molecule has 1 atom stereocenters. The zero-order valence-electron chi connectivity index (χ0n) is 19.5. The molecule has 5 rings (SSSR count). The van der Waals surface area contributed by atoms with Gasteiger partial charge in [-0.05, 0) is 60.9 Å². The van der Waals surface area contributed by atoms with Gasteiger partial charge in [0.05, 0.1) is 24.0 Å². The van der Waals surface area contributed by atoms with Crippen LogP contribution in [0.2, 0.25) is 0 Å². The van der Waals surface area contributed by atoms with E-state index in [9.17, 15) is 9.59 Å². The number of carbonyl (C=O) groups is 2. The fraction of sp³-hybridized carbons (Fsp3) is 0.214. The number of para-hydroxylation sites is 1. The molecular weight excluding hydrogens is 440 g/mol. The third-order valence-electron chi connectivity index (χ3n) is 6.40. The van der Waals surface area contributed by atoms with Crippen LogP contribution in [0.3, 0.4) is 0 Å². The average molecular weight is 469 g/mol. The molecule has 2 aromatic carbocycles. The Balaban J connectivity index is 1.35. The summed E-state index contributed by atoms with van der Waals surface area (Å²) in [5.74, 6) is 1.42. The van der Waals surface area contributed by atoms with Crippen LogP contribution >= 0.6 is 0 Å². The minimum Gasteiger partial charge on any atom is -0.457 e. The molecule has 1 fully saturated rings. The molecule has 0 radical (unpaired) electrons. The van der Waals surface area contributed by atoms with E-state index in [-0.39, 0.29) is 18.0 Å². The first-order valence-electron chi connectivity index (χ1n) is 11.8. The lowest BCUT2D eigenvalue weighted by Crippen LogP contribution is -2.55. The molecule has 0 aliphatic carbocycles. The van der Waals surface area contributed by atoms with Crippen LogP contribution in [0.5, 0.6) is 11.5 Å². The number of dihydropyridines is 1. The van der Waals surface area contributed by atoms with Crippen LogP contribution in [0.25, 0.3) is 0 Å². The summed E-state index contributed by atoms with van der Waals surface area (Å²) in [6, 6.07) is 17.2. The first-order chi connectivity index (χ1) is 17.1. The van der Waals surface area contributed by atoms with Gasteiger partial charge in [-0.1, -0.05) is 36.9 Å². The number of piperidine rings is 1. The molecule has 1 N–H and O–H groups in total. The standard InChI is InChI=1S/C28H28N4O3/c1-2-27(33)30-17-7-8-22(19-30)31-20-25-26(11-6-16-29-25)32(28(31)34)18-21-12-14-24(15-13-21)35-23-9-4-3-5-10-23/h2-6,9-16,20,22,29H,1,7-8,17-19H2. The molecule has 3 amide bonds. The van der Waals surface area contributed by atoms with Gasteiger partial charge < -0.3 is 15.0 Å². The van der Waals surface area contributed by atoms with Crippen molar-refractivity contribution < 1.29 is 14.3 Å². The molecule has 7 nitrogen and oxygen atoms in total. The lowest BCUT2D eigenvalue weighted by molar-refractivity contribution is -0.127. The molecule has 3 aliphatic heterocycles. The number of ether oxygens (including phenoxy) is 1. The predicted octanol–water partition coefficient (Wildman–Crippen LogP) is 4.74. The van der Waals surface area contributed by atoms with Crippen LogP contribution in [0.15, 0.2) is 103 Å². The third-order valence-corrected chi connectivity index (χ3v) is 6.40. The highest BCUT2D eigenvalue weighted by atomic mass is 16.5. The van der Waals surface area contributed by atoms with Crippen molar-refractivity contribution in [3.8, 4) is 11.5 Å². The van der Waals surface area contributed by atoms with Gasteiger partial charge in [-0.3, -0.25) is 14.6 Å². The van der Waals surface area contributed by atoms with Crippen molar-refractivity contribution in [2.24, 2.45) is 0 Å². The van der Waals surface area contributed by atoms with Gasteiger partial charge in [0.25, 0.3) is 0 Å². The van der Waals surface area contributed by atoms with E-state index in [1.54, 1.807) is 14.7 Å². The number of allylic oxidation sites excluding steroid dienone is 2. The third kappa shape index (κ3) is 4.84. The average Bonchev–Trinajstić information content (AvgIpc) is 2.91. The van der Waals surface area contributed by atoms with E-state index < -0.39 is 0 Å². The van der Waals surface area contributed by atoms with E-state index in [2.05, 4.69) is 11.9 Å². The summed E-state index contributed by atoms with van der Waals surface area (Å²) in [6.45, 7) is 5.21. The molecule has 2 aromatic rings. The van der Waals surface area contributed by atoms with Crippen molar-refractivity contribution in [3.63, 3.8) is 0 Å². The fourth-order valence-corrected chi connectivity index (χ4v) is 4.61. The Labute approximate surface area is 205 Å². The monoisotopic (exact) mass is 468 g/mol.